The van der Waals surface area contributed by atoms with Crippen LogP contribution in [0.5, 0.6) is 0 Å². The predicted molar refractivity (Wildman–Crippen MR) is 83.7 cm³/mol. The highest BCUT2D eigenvalue weighted by atomic mass is 19.1. The Labute approximate surface area is 138 Å². The van der Waals surface area contributed by atoms with Gasteiger partial charge in [-0.05, 0) is 43.0 Å². The molecule has 0 unspecified atom stereocenters. The molecule has 2 aromatic carbocycles. The highest BCUT2D eigenvalue weighted by Gasteiger charge is 2.60. The molecule has 0 radical (unpaired) electrons. The Morgan fingerprint density at radius 2 is 1.71 bits per heavy atom. The van der Waals surface area contributed by atoms with E-state index in [4.69, 9.17) is 9.59 Å². The molecule has 5 heteroatoms. The molecule has 0 saturated heterocycles. The van der Waals surface area contributed by atoms with Gasteiger partial charge in [0.05, 0.1) is 5.41 Å². The van der Waals surface area contributed by atoms with E-state index < -0.39 is 11.4 Å². The summed E-state index contributed by atoms with van der Waals surface area (Å²) in [6, 6.07) is 14.2. The summed E-state index contributed by atoms with van der Waals surface area (Å²) in [6.45, 7) is 2.01. The maximum Gasteiger partial charge on any atom is 0.373 e. The first-order chi connectivity index (χ1) is 11.4. The van der Waals surface area contributed by atoms with Crippen molar-refractivity contribution in [2.24, 2.45) is 5.41 Å². The van der Waals surface area contributed by atoms with Crippen LogP contribution in [-0.2, 0) is 20.8 Å². The zero-order valence-electron chi connectivity index (χ0n) is 13.2. The highest BCUT2D eigenvalue weighted by molar-refractivity contribution is 5.81. The summed E-state index contributed by atoms with van der Waals surface area (Å²) in [5, 5.41) is 9.63. The van der Waals surface area contributed by atoms with Crippen molar-refractivity contribution >= 4 is 12.1 Å². The number of carbonyl (C=O) groups is 1. The van der Waals surface area contributed by atoms with Crippen molar-refractivity contribution in [2.45, 2.75) is 25.7 Å². The number of aryl methyl sites for hydroxylation is 1. The third-order valence-corrected chi connectivity index (χ3v) is 4.41. The van der Waals surface area contributed by atoms with E-state index in [-0.39, 0.29) is 17.9 Å². The summed E-state index contributed by atoms with van der Waals surface area (Å²) in [5.74, 6) is -1.02. The van der Waals surface area contributed by atoms with Crippen LogP contribution in [0.1, 0.15) is 29.0 Å². The van der Waals surface area contributed by atoms with Gasteiger partial charge in [0.1, 0.15) is 5.82 Å². The fourth-order valence-electron chi connectivity index (χ4n) is 3.01. The standard InChI is InChI=1S/C18H17FO2.CO2/c1-12-2-6-14(7-3-12)16-11-18(16,17(20)21)10-13-4-8-15(19)9-5-13;2-1-3/h2-9,16H,10-11H2,1H3,(H,20,21);/t16-,18-;/m1./s1. The van der Waals surface area contributed by atoms with Crippen molar-refractivity contribution in [3.05, 3.63) is 71.0 Å². The molecule has 2 atom stereocenters. The normalized spacial score (nSPS) is 21.2. The van der Waals surface area contributed by atoms with Crippen LogP contribution in [0.4, 0.5) is 4.39 Å². The molecular weight excluding hydrogens is 311 g/mol. The molecule has 124 valence electrons. The molecule has 24 heavy (non-hydrogen) atoms. The fraction of sp³-hybridized carbons (Fsp3) is 0.263. The number of carboxylic acids is 1. The van der Waals surface area contributed by atoms with Crippen LogP contribution in [0.25, 0.3) is 0 Å². The summed E-state index contributed by atoms with van der Waals surface area (Å²) >= 11 is 0. The first-order valence-corrected chi connectivity index (χ1v) is 7.46. The van der Waals surface area contributed by atoms with Gasteiger partial charge in [-0.2, -0.15) is 9.59 Å². The third kappa shape index (κ3) is 3.76. The first kappa shape index (κ1) is 17.6. The quantitative estimate of drug-likeness (QED) is 0.934. The van der Waals surface area contributed by atoms with E-state index >= 15 is 0 Å². The molecule has 0 spiro atoms. The Morgan fingerprint density at radius 1 is 1.17 bits per heavy atom. The lowest BCUT2D eigenvalue weighted by Gasteiger charge is -2.13. The molecule has 1 aliphatic rings. The van der Waals surface area contributed by atoms with Gasteiger partial charge < -0.3 is 5.11 Å². The van der Waals surface area contributed by atoms with Gasteiger partial charge in [-0.25, -0.2) is 4.39 Å². The predicted octanol–water partition coefficient (Wildman–Crippen LogP) is 3.35. The summed E-state index contributed by atoms with van der Waals surface area (Å²) in [7, 11) is 0. The molecule has 1 N–H and O–H groups in total. The minimum absolute atomic E-state index is 0.0423. The van der Waals surface area contributed by atoms with E-state index in [1.165, 1.54) is 17.7 Å². The average Bonchev–Trinajstić information content (AvgIpc) is 3.27. The maximum atomic E-state index is 13.0. The summed E-state index contributed by atoms with van der Waals surface area (Å²) in [5.41, 5.74) is 2.37. The van der Waals surface area contributed by atoms with E-state index in [1.807, 2.05) is 31.2 Å². The van der Waals surface area contributed by atoms with Gasteiger partial charge in [0, 0.05) is 5.92 Å². The topological polar surface area (TPSA) is 71.4 Å². The number of benzene rings is 2. The lowest BCUT2D eigenvalue weighted by molar-refractivity contribution is -0.191. The van der Waals surface area contributed by atoms with Gasteiger partial charge in [-0.1, -0.05) is 42.0 Å². The lowest BCUT2D eigenvalue weighted by Crippen LogP contribution is -2.20. The Balaban J connectivity index is 0.000000647. The first-order valence-electron chi connectivity index (χ1n) is 7.46. The maximum absolute atomic E-state index is 13.0. The zero-order chi connectivity index (χ0) is 17.7. The molecule has 0 heterocycles. The minimum atomic E-state index is -0.766. The second-order valence-corrected chi connectivity index (χ2v) is 6.02. The van der Waals surface area contributed by atoms with E-state index in [0.29, 0.717) is 12.8 Å². The molecule has 1 saturated carbocycles. The molecule has 1 aliphatic carbocycles. The van der Waals surface area contributed by atoms with E-state index in [9.17, 15) is 14.3 Å². The molecule has 3 rings (SSSR count). The average molecular weight is 328 g/mol. The second kappa shape index (κ2) is 7.20. The monoisotopic (exact) mass is 328 g/mol. The van der Waals surface area contributed by atoms with Crippen molar-refractivity contribution < 1.29 is 23.9 Å². The number of halogens is 1. The Bertz CT molecular complexity index is 746. The van der Waals surface area contributed by atoms with Crippen LogP contribution in [0, 0.1) is 18.2 Å². The molecule has 0 amide bonds. The minimum Gasteiger partial charge on any atom is -0.481 e. The van der Waals surface area contributed by atoms with Crippen molar-refractivity contribution in [2.75, 3.05) is 0 Å². The molecule has 0 aromatic heterocycles. The number of aliphatic carboxylic acids is 1. The zero-order valence-corrected chi connectivity index (χ0v) is 13.2. The van der Waals surface area contributed by atoms with Crippen LogP contribution in [0.15, 0.2) is 48.5 Å². The van der Waals surface area contributed by atoms with Gasteiger partial charge in [-0.15, -0.1) is 0 Å². The van der Waals surface area contributed by atoms with Gasteiger partial charge >= 0.3 is 12.1 Å². The van der Waals surface area contributed by atoms with Gasteiger partial charge in [0.2, 0.25) is 0 Å². The number of hydrogen-bond acceptors (Lipinski definition) is 3. The summed E-state index contributed by atoms with van der Waals surface area (Å²) < 4.78 is 13.0. The number of carboxylic acid groups (broad SMARTS) is 1. The van der Waals surface area contributed by atoms with Crippen LogP contribution >= 0.6 is 0 Å². The molecule has 1 fully saturated rings. The Hall–Kier alpha value is -2.78. The Kier molecular flexibility index (Phi) is 5.27. The number of rotatable bonds is 4. The van der Waals surface area contributed by atoms with Gasteiger partial charge in [0.25, 0.3) is 0 Å². The van der Waals surface area contributed by atoms with Crippen molar-refractivity contribution in [1.29, 1.82) is 0 Å². The molecule has 0 bridgehead atoms. The summed E-state index contributed by atoms with van der Waals surface area (Å²) in [4.78, 5) is 28.0. The smallest absolute Gasteiger partial charge is 0.373 e. The van der Waals surface area contributed by atoms with E-state index in [2.05, 4.69) is 0 Å². The number of hydrogen-bond donors (Lipinski definition) is 1. The SMILES string of the molecule is Cc1ccc([C@H]2C[C@@]2(Cc2ccc(F)cc2)C(=O)O)cc1.O=C=O. The van der Waals surface area contributed by atoms with Crippen molar-refractivity contribution in [3.8, 4) is 0 Å². The summed E-state index contributed by atoms with van der Waals surface area (Å²) in [6.07, 6.45) is 1.34. The molecule has 4 nitrogen and oxygen atoms in total. The van der Waals surface area contributed by atoms with Crippen molar-refractivity contribution in [1.82, 2.24) is 0 Å². The van der Waals surface area contributed by atoms with Crippen LogP contribution in [-0.4, -0.2) is 17.2 Å². The van der Waals surface area contributed by atoms with Gasteiger partial charge in [0.15, 0.2) is 0 Å². The molecular formula is C19H17FO4. The second-order valence-electron chi connectivity index (χ2n) is 6.02. The fourth-order valence-corrected chi connectivity index (χ4v) is 3.01. The van der Waals surface area contributed by atoms with Crippen molar-refractivity contribution in [3.63, 3.8) is 0 Å². The molecule has 2 aromatic rings. The highest BCUT2D eigenvalue weighted by Crippen LogP contribution is 2.61. The van der Waals surface area contributed by atoms with Crippen LogP contribution in [0.3, 0.4) is 0 Å². The van der Waals surface area contributed by atoms with E-state index in [0.717, 1.165) is 11.1 Å². The van der Waals surface area contributed by atoms with Crippen LogP contribution < -0.4 is 0 Å². The van der Waals surface area contributed by atoms with Crippen LogP contribution in [0.2, 0.25) is 0 Å². The number of carbonyl (C=O) groups excluding carboxylic acids is 2. The molecule has 0 aliphatic heterocycles. The Morgan fingerprint density at radius 3 is 2.21 bits per heavy atom. The largest absolute Gasteiger partial charge is 0.481 e. The van der Waals surface area contributed by atoms with E-state index in [1.54, 1.807) is 12.1 Å². The van der Waals surface area contributed by atoms with Gasteiger partial charge in [-0.3, -0.25) is 4.79 Å². The lowest BCUT2D eigenvalue weighted by atomic mass is 9.91. The third-order valence-electron chi connectivity index (χ3n) is 4.41.